The van der Waals surface area contributed by atoms with Crippen molar-refractivity contribution in [2.75, 3.05) is 0 Å². The fraction of sp³-hybridized carbons (Fsp3) is 0.286. The number of amides is 1. The van der Waals surface area contributed by atoms with E-state index >= 15 is 0 Å². The molecule has 0 fully saturated rings. The lowest BCUT2D eigenvalue weighted by Crippen LogP contribution is -2.55. The Morgan fingerprint density at radius 1 is 0.933 bits per heavy atom. The van der Waals surface area contributed by atoms with Crippen LogP contribution >= 0.6 is 11.8 Å². The maximum Gasteiger partial charge on any atom is 0.443 e. The van der Waals surface area contributed by atoms with Crippen LogP contribution in [0.3, 0.4) is 0 Å². The lowest BCUT2D eigenvalue weighted by molar-refractivity contribution is -0.280. The van der Waals surface area contributed by atoms with E-state index in [1.165, 1.54) is 5.32 Å². The van der Waals surface area contributed by atoms with Crippen LogP contribution in [0.5, 0.6) is 0 Å². The normalized spacial score (nSPS) is 18.9. The van der Waals surface area contributed by atoms with Crippen molar-refractivity contribution in [3.05, 3.63) is 46.1 Å². The summed E-state index contributed by atoms with van der Waals surface area (Å²) in [6, 6.07) is 1.17. The largest absolute Gasteiger partial charge is 0.443 e. The first-order valence-corrected chi connectivity index (χ1v) is 7.88. The quantitative estimate of drug-likeness (QED) is 0.552. The van der Waals surface area contributed by atoms with E-state index in [1.54, 1.807) is 0 Å². The Morgan fingerprint density at radius 3 is 1.90 bits per heavy atom. The molecule has 1 heterocycles. The highest BCUT2D eigenvalue weighted by Gasteiger charge is 2.77. The van der Waals surface area contributed by atoms with Crippen LogP contribution in [0.1, 0.15) is 10.4 Å². The van der Waals surface area contributed by atoms with Gasteiger partial charge in [0.25, 0.3) is 11.4 Å². The number of nitrogens with zero attached hydrogens (tertiary/aromatic N) is 1. The van der Waals surface area contributed by atoms with Crippen molar-refractivity contribution >= 4 is 22.8 Å². The van der Waals surface area contributed by atoms with Crippen LogP contribution in [-0.2, 0) is 0 Å². The number of nitrogens with one attached hydrogen (secondary N) is 1. The summed E-state index contributed by atoms with van der Waals surface area (Å²) in [5.74, 6) is -8.44. The number of amidine groups is 1. The van der Waals surface area contributed by atoms with Crippen molar-refractivity contribution in [1.82, 2.24) is 5.32 Å². The van der Waals surface area contributed by atoms with Gasteiger partial charge in [0, 0.05) is 5.56 Å². The summed E-state index contributed by atoms with van der Waals surface area (Å²) >= 11 is -1.07. The zero-order valence-corrected chi connectivity index (χ0v) is 14.3. The summed E-state index contributed by atoms with van der Waals surface area (Å²) in [5.41, 5.74) is -6.48. The second-order valence-corrected chi connectivity index (χ2v) is 6.45. The van der Waals surface area contributed by atoms with Crippen LogP contribution in [0.15, 0.2) is 33.9 Å². The average Bonchev–Trinajstić information content (AvgIpc) is 2.95. The van der Waals surface area contributed by atoms with Gasteiger partial charge < -0.3 is 5.32 Å². The van der Waals surface area contributed by atoms with Crippen LogP contribution in [0, 0.1) is 11.6 Å². The summed E-state index contributed by atoms with van der Waals surface area (Å²) in [4.78, 5) is 11.1. The molecule has 0 radical (unpaired) electrons. The Hall–Kier alpha value is -2.39. The molecule has 0 aromatic heterocycles. The standard InChI is InChI=1S/C14H4F12N2OS/c15-5-2-1-4(3-6(5)16)9(29)27-10-28-11(13(21,22)23,14(24,25)26)8(30-10)7(17)12(18,19)20/h1-3H,(H,27,28,29)/b8-7+. The van der Waals surface area contributed by atoms with E-state index in [1.807, 2.05) is 0 Å². The molecule has 0 atom stereocenters. The number of benzene rings is 1. The van der Waals surface area contributed by atoms with Crippen LogP contribution in [-0.4, -0.2) is 35.1 Å². The van der Waals surface area contributed by atoms with E-state index in [0.29, 0.717) is 12.1 Å². The van der Waals surface area contributed by atoms with E-state index in [4.69, 9.17) is 0 Å². The molecular formula is C14H4F12N2OS. The van der Waals surface area contributed by atoms with Gasteiger partial charge in [0.2, 0.25) is 5.83 Å². The number of thioether (sulfide) groups is 1. The zero-order chi connectivity index (χ0) is 23.3. The number of hydrogen-bond donors (Lipinski definition) is 1. The van der Waals surface area contributed by atoms with Crippen molar-refractivity contribution in [3.63, 3.8) is 0 Å². The molecule has 1 aliphatic heterocycles. The molecule has 166 valence electrons. The second-order valence-electron chi connectivity index (χ2n) is 5.45. The highest BCUT2D eigenvalue weighted by Crippen LogP contribution is 2.59. The number of allylic oxidation sites excluding steroid dienone is 1. The first-order valence-electron chi connectivity index (χ1n) is 7.07. The summed E-state index contributed by atoms with van der Waals surface area (Å²) in [6.45, 7) is 0. The fourth-order valence-electron chi connectivity index (χ4n) is 2.13. The van der Waals surface area contributed by atoms with Gasteiger partial charge in [-0.1, -0.05) is 11.8 Å². The van der Waals surface area contributed by atoms with E-state index in [0.717, 1.165) is 0 Å². The molecule has 0 bridgehead atoms. The second kappa shape index (κ2) is 7.39. The molecular weight excluding hydrogens is 472 g/mol. The van der Waals surface area contributed by atoms with Gasteiger partial charge in [-0.2, -0.15) is 39.5 Å². The predicted octanol–water partition coefficient (Wildman–Crippen LogP) is 5.40. The number of rotatable bonds is 1. The summed E-state index contributed by atoms with van der Waals surface area (Å²) in [6.07, 6.45) is -19.4. The maximum absolute atomic E-state index is 13.6. The fourth-order valence-corrected chi connectivity index (χ4v) is 3.28. The monoisotopic (exact) mass is 476 g/mol. The molecule has 0 spiro atoms. The molecule has 3 nitrogen and oxygen atoms in total. The van der Waals surface area contributed by atoms with Crippen molar-refractivity contribution in [2.45, 2.75) is 24.1 Å². The van der Waals surface area contributed by atoms with E-state index in [9.17, 15) is 57.5 Å². The zero-order valence-electron chi connectivity index (χ0n) is 13.5. The minimum absolute atomic E-state index is 0.207. The van der Waals surface area contributed by atoms with Gasteiger partial charge in [-0.25, -0.2) is 18.2 Å². The topological polar surface area (TPSA) is 41.5 Å². The molecule has 1 amide bonds. The number of aliphatic imine (C=N–C) groups is 1. The minimum atomic E-state index is -6.59. The Morgan fingerprint density at radius 2 is 1.47 bits per heavy atom. The highest BCUT2D eigenvalue weighted by molar-refractivity contribution is 8.17. The van der Waals surface area contributed by atoms with Gasteiger partial charge in [0.05, 0.1) is 4.91 Å². The Bertz CT molecular complexity index is 914. The smallest absolute Gasteiger partial charge is 0.301 e. The van der Waals surface area contributed by atoms with E-state index in [2.05, 4.69) is 4.99 Å². The third-order valence-corrected chi connectivity index (χ3v) is 4.53. The number of halogens is 12. The van der Waals surface area contributed by atoms with E-state index in [-0.39, 0.29) is 6.07 Å². The van der Waals surface area contributed by atoms with Crippen molar-refractivity contribution in [1.29, 1.82) is 0 Å². The minimum Gasteiger partial charge on any atom is -0.301 e. The van der Waals surface area contributed by atoms with Crippen LogP contribution < -0.4 is 5.32 Å². The van der Waals surface area contributed by atoms with Gasteiger partial charge in [0.15, 0.2) is 16.8 Å². The average molecular weight is 476 g/mol. The van der Waals surface area contributed by atoms with Gasteiger partial charge in [-0.05, 0) is 18.2 Å². The molecule has 1 N–H and O–H groups in total. The van der Waals surface area contributed by atoms with Crippen LogP contribution in [0.25, 0.3) is 0 Å². The van der Waals surface area contributed by atoms with Crippen molar-refractivity contribution < 1.29 is 57.5 Å². The predicted molar refractivity (Wildman–Crippen MR) is 77.9 cm³/mol. The Kier molecular flexibility index (Phi) is 5.88. The lowest BCUT2D eigenvalue weighted by Gasteiger charge is -2.31. The summed E-state index contributed by atoms with van der Waals surface area (Å²) < 4.78 is 157. The Labute approximate surface area is 161 Å². The first-order chi connectivity index (χ1) is 13.4. The SMILES string of the molecule is O=C(NC1=NC(C(F)(F)F)(C(F)(F)F)/C(=C(\F)C(F)(F)F)S1)c1ccc(F)c(F)c1. The molecule has 30 heavy (non-hydrogen) atoms. The number of hydrogen-bond acceptors (Lipinski definition) is 3. The molecule has 0 aliphatic carbocycles. The number of carbonyl (C=O) groups is 1. The van der Waals surface area contributed by atoms with Gasteiger partial charge in [-0.3, -0.25) is 4.79 Å². The highest BCUT2D eigenvalue weighted by atomic mass is 32.2. The van der Waals surface area contributed by atoms with Crippen molar-refractivity contribution in [2.24, 2.45) is 4.99 Å². The lowest BCUT2D eigenvalue weighted by atomic mass is 9.97. The molecule has 0 unspecified atom stereocenters. The van der Waals surface area contributed by atoms with E-state index < -0.39 is 74.8 Å². The summed E-state index contributed by atoms with van der Waals surface area (Å²) in [5, 5.41) is -0.406. The third-order valence-electron chi connectivity index (χ3n) is 3.47. The van der Waals surface area contributed by atoms with Gasteiger partial charge in [-0.15, -0.1) is 0 Å². The Balaban J connectivity index is 2.60. The van der Waals surface area contributed by atoms with Gasteiger partial charge in [0.1, 0.15) is 0 Å². The molecule has 0 saturated carbocycles. The van der Waals surface area contributed by atoms with Crippen molar-refractivity contribution in [3.8, 4) is 0 Å². The summed E-state index contributed by atoms with van der Waals surface area (Å²) in [7, 11) is 0. The number of alkyl halides is 9. The van der Waals surface area contributed by atoms with Crippen LogP contribution in [0.4, 0.5) is 52.7 Å². The molecule has 1 aromatic rings. The number of carbonyl (C=O) groups excluding carboxylic acids is 1. The first kappa shape index (κ1) is 23.9. The molecule has 0 saturated heterocycles. The molecule has 2 rings (SSSR count). The van der Waals surface area contributed by atoms with Crippen LogP contribution in [0.2, 0.25) is 0 Å². The third kappa shape index (κ3) is 4.09. The molecule has 1 aliphatic rings. The van der Waals surface area contributed by atoms with Gasteiger partial charge >= 0.3 is 18.5 Å². The maximum atomic E-state index is 13.6. The molecule has 1 aromatic carbocycles. The molecule has 16 heteroatoms.